The molecule has 7 heteroatoms. The summed E-state index contributed by atoms with van der Waals surface area (Å²) in [5.41, 5.74) is 0.671. The van der Waals surface area contributed by atoms with Gasteiger partial charge in [-0.2, -0.15) is 4.31 Å². The van der Waals surface area contributed by atoms with Crippen LogP contribution in [0.3, 0.4) is 0 Å². The highest BCUT2D eigenvalue weighted by molar-refractivity contribution is 7.89. The first kappa shape index (κ1) is 17.1. The monoisotopic (exact) mass is 303 g/mol. The van der Waals surface area contributed by atoms with Gasteiger partial charge in [0.05, 0.1) is 24.7 Å². The Hall–Kier alpha value is -0.990. The summed E-state index contributed by atoms with van der Waals surface area (Å²) in [5, 5.41) is 8.98. The first-order valence-electron chi connectivity index (χ1n) is 6.24. The molecule has 0 spiro atoms. The van der Waals surface area contributed by atoms with E-state index in [9.17, 15) is 8.42 Å². The summed E-state index contributed by atoms with van der Waals surface area (Å²) in [4.78, 5) is 0.196. The van der Waals surface area contributed by atoms with Crippen LogP contribution in [-0.2, 0) is 26.1 Å². The first-order valence-corrected chi connectivity index (χ1v) is 7.68. The Kier molecular flexibility index (Phi) is 7.11. The highest BCUT2D eigenvalue weighted by Crippen LogP contribution is 2.16. The van der Waals surface area contributed by atoms with Crippen LogP contribution in [0.1, 0.15) is 5.56 Å². The van der Waals surface area contributed by atoms with Crippen molar-refractivity contribution < 1.29 is 23.0 Å². The fraction of sp³-hybridized carbons (Fsp3) is 0.538. The van der Waals surface area contributed by atoms with Gasteiger partial charge in [0.1, 0.15) is 0 Å². The number of hydrogen-bond acceptors (Lipinski definition) is 5. The van der Waals surface area contributed by atoms with Crippen molar-refractivity contribution in [1.82, 2.24) is 4.31 Å². The zero-order chi connectivity index (χ0) is 15.0. The maximum absolute atomic E-state index is 12.5. The lowest BCUT2D eigenvalue weighted by molar-refractivity contribution is 0.150. The molecule has 1 rings (SSSR count). The summed E-state index contributed by atoms with van der Waals surface area (Å²) < 4.78 is 36.2. The Morgan fingerprint density at radius 3 is 1.95 bits per heavy atom. The number of rotatable bonds is 9. The number of ether oxygens (including phenoxy) is 2. The lowest BCUT2D eigenvalue weighted by Crippen LogP contribution is -2.36. The van der Waals surface area contributed by atoms with Crippen LogP contribution >= 0.6 is 0 Å². The van der Waals surface area contributed by atoms with Gasteiger partial charge < -0.3 is 14.6 Å². The van der Waals surface area contributed by atoms with Crippen LogP contribution in [0, 0.1) is 0 Å². The summed E-state index contributed by atoms with van der Waals surface area (Å²) in [6.45, 7) is 1.06. The number of aliphatic hydroxyl groups is 1. The Labute approximate surface area is 120 Å². The summed E-state index contributed by atoms with van der Waals surface area (Å²) in [5.74, 6) is 0. The summed E-state index contributed by atoms with van der Waals surface area (Å²) in [7, 11) is -0.529. The lowest BCUT2D eigenvalue weighted by atomic mass is 10.2. The molecule has 0 aromatic heterocycles. The number of sulfonamides is 1. The molecule has 0 saturated carbocycles. The predicted octanol–water partition coefficient (Wildman–Crippen LogP) is 0.462. The predicted molar refractivity (Wildman–Crippen MR) is 74.9 cm³/mol. The molecule has 0 saturated heterocycles. The fourth-order valence-electron chi connectivity index (χ4n) is 1.65. The third-order valence-corrected chi connectivity index (χ3v) is 4.75. The molecule has 0 fully saturated rings. The van der Waals surface area contributed by atoms with Gasteiger partial charge >= 0.3 is 0 Å². The fourth-order valence-corrected chi connectivity index (χ4v) is 3.06. The molecule has 0 aliphatic carbocycles. The van der Waals surface area contributed by atoms with Crippen LogP contribution in [0.2, 0.25) is 0 Å². The van der Waals surface area contributed by atoms with Crippen molar-refractivity contribution in [3.63, 3.8) is 0 Å². The molecule has 0 atom stereocenters. The van der Waals surface area contributed by atoms with Crippen molar-refractivity contribution in [2.24, 2.45) is 0 Å². The van der Waals surface area contributed by atoms with Crippen LogP contribution in [0.25, 0.3) is 0 Å². The van der Waals surface area contributed by atoms with Crippen molar-refractivity contribution in [1.29, 1.82) is 0 Å². The van der Waals surface area contributed by atoms with Gasteiger partial charge in [0.25, 0.3) is 0 Å². The van der Waals surface area contributed by atoms with Gasteiger partial charge in [0, 0.05) is 27.3 Å². The van der Waals surface area contributed by atoms with E-state index in [1.54, 1.807) is 12.1 Å². The maximum Gasteiger partial charge on any atom is 0.243 e. The number of hydrogen-bond donors (Lipinski definition) is 1. The highest BCUT2D eigenvalue weighted by Gasteiger charge is 2.23. The van der Waals surface area contributed by atoms with E-state index in [2.05, 4.69) is 0 Å². The highest BCUT2D eigenvalue weighted by atomic mass is 32.2. The minimum absolute atomic E-state index is 0.114. The third-order valence-electron chi connectivity index (χ3n) is 2.83. The summed E-state index contributed by atoms with van der Waals surface area (Å²) in [6, 6.07) is 6.18. The molecule has 1 aromatic carbocycles. The van der Waals surface area contributed by atoms with Crippen LogP contribution in [0.5, 0.6) is 0 Å². The molecule has 0 radical (unpaired) electrons. The molecule has 6 nitrogen and oxygen atoms in total. The van der Waals surface area contributed by atoms with E-state index < -0.39 is 10.0 Å². The SMILES string of the molecule is COCCN(CCOC)S(=O)(=O)c1ccc(CO)cc1. The quantitative estimate of drug-likeness (QED) is 0.717. The Morgan fingerprint density at radius 2 is 1.55 bits per heavy atom. The molecule has 0 aliphatic heterocycles. The third kappa shape index (κ3) is 4.53. The van der Waals surface area contributed by atoms with Crippen molar-refractivity contribution in [2.45, 2.75) is 11.5 Å². The molecular weight excluding hydrogens is 282 g/mol. The van der Waals surface area contributed by atoms with Gasteiger partial charge in [-0.15, -0.1) is 0 Å². The second-order valence-electron chi connectivity index (χ2n) is 4.19. The number of methoxy groups -OCH3 is 2. The Bertz CT molecular complexity index is 478. The minimum atomic E-state index is -3.58. The van der Waals surface area contributed by atoms with Crippen molar-refractivity contribution >= 4 is 10.0 Å². The number of nitrogens with zero attached hydrogens (tertiary/aromatic N) is 1. The second kappa shape index (κ2) is 8.33. The summed E-state index contributed by atoms with van der Waals surface area (Å²) >= 11 is 0. The van der Waals surface area contributed by atoms with Gasteiger partial charge in [-0.25, -0.2) is 8.42 Å². The second-order valence-corrected chi connectivity index (χ2v) is 6.13. The largest absolute Gasteiger partial charge is 0.392 e. The molecule has 0 unspecified atom stereocenters. The van der Waals surface area contributed by atoms with Gasteiger partial charge in [-0.3, -0.25) is 0 Å². The van der Waals surface area contributed by atoms with Gasteiger partial charge in [-0.1, -0.05) is 12.1 Å². The van der Waals surface area contributed by atoms with E-state index >= 15 is 0 Å². The van der Waals surface area contributed by atoms with Crippen molar-refractivity contribution in [3.8, 4) is 0 Å². The zero-order valence-electron chi connectivity index (χ0n) is 11.8. The van der Waals surface area contributed by atoms with Gasteiger partial charge in [0.15, 0.2) is 0 Å². The van der Waals surface area contributed by atoms with Crippen molar-refractivity contribution in [2.75, 3.05) is 40.5 Å². The Morgan fingerprint density at radius 1 is 1.05 bits per heavy atom. The number of aliphatic hydroxyl groups excluding tert-OH is 1. The first-order chi connectivity index (χ1) is 9.56. The van der Waals surface area contributed by atoms with Crippen molar-refractivity contribution in [3.05, 3.63) is 29.8 Å². The molecule has 20 heavy (non-hydrogen) atoms. The molecule has 0 aliphatic rings. The van der Waals surface area contributed by atoms with E-state index in [1.165, 1.54) is 30.7 Å². The van der Waals surface area contributed by atoms with E-state index in [4.69, 9.17) is 14.6 Å². The van der Waals surface area contributed by atoms with Crippen LogP contribution in [0.4, 0.5) is 0 Å². The van der Waals surface area contributed by atoms with E-state index in [0.717, 1.165) is 0 Å². The zero-order valence-corrected chi connectivity index (χ0v) is 12.6. The topological polar surface area (TPSA) is 76.1 Å². The van der Waals surface area contributed by atoms with E-state index in [-0.39, 0.29) is 24.6 Å². The standard InChI is InChI=1S/C13H21NO5S/c1-18-9-7-14(8-10-19-2)20(16,17)13-5-3-12(11-15)4-6-13/h3-6,15H,7-11H2,1-2H3. The summed E-state index contributed by atoms with van der Waals surface area (Å²) in [6.07, 6.45) is 0. The van der Waals surface area contributed by atoms with Crippen LogP contribution in [-0.4, -0.2) is 58.4 Å². The maximum atomic E-state index is 12.5. The van der Waals surface area contributed by atoms with Gasteiger partial charge in [0.2, 0.25) is 10.0 Å². The lowest BCUT2D eigenvalue weighted by Gasteiger charge is -2.21. The van der Waals surface area contributed by atoms with E-state index in [0.29, 0.717) is 18.8 Å². The van der Waals surface area contributed by atoms with Crippen LogP contribution < -0.4 is 0 Å². The Balaban J connectivity index is 2.94. The molecule has 0 bridgehead atoms. The number of benzene rings is 1. The normalized spacial score (nSPS) is 12.0. The molecule has 1 aromatic rings. The molecular formula is C13H21NO5S. The molecule has 1 N–H and O–H groups in total. The van der Waals surface area contributed by atoms with Gasteiger partial charge in [-0.05, 0) is 17.7 Å². The average molecular weight is 303 g/mol. The molecule has 0 amide bonds. The van der Waals surface area contributed by atoms with E-state index in [1.807, 2.05) is 0 Å². The molecule has 114 valence electrons. The minimum Gasteiger partial charge on any atom is -0.392 e. The molecule has 0 heterocycles. The smallest absolute Gasteiger partial charge is 0.243 e. The van der Waals surface area contributed by atoms with Crippen LogP contribution in [0.15, 0.2) is 29.2 Å². The average Bonchev–Trinajstić information content (AvgIpc) is 2.47.